The molecule has 0 unspecified atom stereocenters. The number of nitrogens with one attached hydrogen (secondary N) is 1. The monoisotopic (exact) mass is 320 g/mol. The highest BCUT2D eigenvalue weighted by atomic mass is 32.1. The van der Waals surface area contributed by atoms with Crippen LogP contribution in [0.1, 0.15) is 12.1 Å². The molecule has 0 saturated heterocycles. The minimum Gasteiger partial charge on any atom is -0.486 e. The Hall–Kier alpha value is -2.28. The maximum Gasteiger partial charge on any atom is 0.307 e. The maximum atomic E-state index is 12.0. The lowest BCUT2D eigenvalue weighted by atomic mass is 10.2. The van der Waals surface area contributed by atoms with E-state index in [1.165, 1.54) is 0 Å². The molecule has 0 aliphatic carbocycles. The summed E-state index contributed by atoms with van der Waals surface area (Å²) in [4.78, 5) is 23.6. The number of aromatic nitrogens is 1. The Bertz CT molecular complexity index is 750. The zero-order chi connectivity index (χ0) is 15.5. The van der Waals surface area contributed by atoms with E-state index in [9.17, 15) is 9.59 Å². The van der Waals surface area contributed by atoms with Gasteiger partial charge in [-0.3, -0.25) is 9.59 Å². The predicted octanol–water partition coefficient (Wildman–Crippen LogP) is 2.02. The molecule has 0 atom stereocenters. The quantitative estimate of drug-likeness (QED) is 0.936. The second kappa shape index (κ2) is 6.23. The molecule has 7 heteroatoms. The fourth-order valence-corrected chi connectivity index (χ4v) is 2.99. The lowest BCUT2D eigenvalue weighted by Crippen LogP contribution is -2.20. The first-order valence-corrected chi connectivity index (χ1v) is 7.86. The number of ether oxygens (including phenoxy) is 2. The molecule has 0 bridgehead atoms. The first-order chi connectivity index (χ1) is 10.6. The van der Waals surface area contributed by atoms with Crippen molar-refractivity contribution in [3.8, 4) is 11.5 Å². The Morgan fingerprint density at radius 3 is 2.82 bits per heavy atom. The molecule has 6 nitrogen and oxygen atoms in total. The number of fused-ring (bicyclic) bond motifs is 1. The second-order valence-corrected chi connectivity index (χ2v) is 5.77. The molecule has 0 radical (unpaired) electrons. The topological polar surface area (TPSA) is 69.6 Å². The zero-order valence-electron chi connectivity index (χ0n) is 12.1. The van der Waals surface area contributed by atoms with E-state index in [0.29, 0.717) is 36.9 Å². The molecule has 1 amide bonds. The Labute approximate surface area is 131 Å². The van der Waals surface area contributed by atoms with Crippen molar-refractivity contribution in [2.45, 2.75) is 19.9 Å². The van der Waals surface area contributed by atoms with Gasteiger partial charge in [0.25, 0.3) is 0 Å². The molecule has 0 fully saturated rings. The summed E-state index contributed by atoms with van der Waals surface area (Å²) >= 11 is 1.15. The highest BCUT2D eigenvalue weighted by molar-refractivity contribution is 7.07. The van der Waals surface area contributed by atoms with Gasteiger partial charge in [0.05, 0.1) is 0 Å². The first kappa shape index (κ1) is 14.6. The zero-order valence-corrected chi connectivity index (χ0v) is 12.9. The molecule has 1 aromatic heterocycles. The molecule has 0 saturated carbocycles. The minimum absolute atomic E-state index is 0.0374. The van der Waals surface area contributed by atoms with Gasteiger partial charge in [-0.15, -0.1) is 0 Å². The standard InChI is InChI=1S/C15H16N2O4S/c1-10-9-22-15(19)17(10)5-4-14(18)16-11-2-3-12-13(8-11)21-7-6-20-12/h2-3,8-9H,4-7H2,1H3,(H,16,18). The van der Waals surface area contributed by atoms with E-state index in [1.807, 2.05) is 6.92 Å². The van der Waals surface area contributed by atoms with Crippen LogP contribution in [0.5, 0.6) is 11.5 Å². The third-order valence-electron chi connectivity index (χ3n) is 3.36. The van der Waals surface area contributed by atoms with Crippen LogP contribution < -0.4 is 19.7 Å². The average Bonchev–Trinajstić information content (AvgIpc) is 2.84. The molecule has 1 N–H and O–H groups in total. The van der Waals surface area contributed by atoms with E-state index in [2.05, 4.69) is 5.32 Å². The summed E-state index contributed by atoms with van der Waals surface area (Å²) in [7, 11) is 0. The van der Waals surface area contributed by atoms with Crippen LogP contribution >= 0.6 is 11.3 Å². The largest absolute Gasteiger partial charge is 0.486 e. The van der Waals surface area contributed by atoms with Crippen LogP contribution in [0.15, 0.2) is 28.4 Å². The lowest BCUT2D eigenvalue weighted by Gasteiger charge is -2.19. The molecule has 116 valence electrons. The number of carbonyl (C=O) groups is 1. The molecule has 22 heavy (non-hydrogen) atoms. The molecule has 3 rings (SSSR count). The highest BCUT2D eigenvalue weighted by Crippen LogP contribution is 2.32. The van der Waals surface area contributed by atoms with Gasteiger partial charge in [-0.2, -0.15) is 0 Å². The van der Waals surface area contributed by atoms with Gasteiger partial charge in [-0.25, -0.2) is 0 Å². The summed E-state index contributed by atoms with van der Waals surface area (Å²) in [6.07, 6.45) is 0.242. The minimum atomic E-state index is -0.144. The number of hydrogen-bond donors (Lipinski definition) is 1. The van der Waals surface area contributed by atoms with Crippen molar-refractivity contribution < 1.29 is 14.3 Å². The summed E-state index contributed by atoms with van der Waals surface area (Å²) in [5.74, 6) is 1.17. The molecule has 2 heterocycles. The van der Waals surface area contributed by atoms with Gasteiger partial charge in [0.15, 0.2) is 11.5 Å². The summed E-state index contributed by atoms with van der Waals surface area (Å²) < 4.78 is 12.5. The SMILES string of the molecule is Cc1csc(=O)n1CCC(=O)Nc1ccc2c(c1)OCCO2. The van der Waals surface area contributed by atoms with Gasteiger partial charge >= 0.3 is 4.87 Å². The van der Waals surface area contributed by atoms with Gasteiger partial charge in [0, 0.05) is 35.8 Å². The predicted molar refractivity (Wildman–Crippen MR) is 84.0 cm³/mol. The van der Waals surface area contributed by atoms with Gasteiger partial charge in [-0.1, -0.05) is 11.3 Å². The van der Waals surface area contributed by atoms with Gasteiger partial charge in [-0.05, 0) is 19.1 Å². The van der Waals surface area contributed by atoms with E-state index >= 15 is 0 Å². The van der Waals surface area contributed by atoms with Crippen LogP contribution in [0.25, 0.3) is 0 Å². The Morgan fingerprint density at radius 1 is 1.32 bits per heavy atom. The van der Waals surface area contributed by atoms with Crippen molar-refractivity contribution in [2.75, 3.05) is 18.5 Å². The number of aryl methyl sites for hydroxylation is 1. The number of anilines is 1. The second-order valence-electron chi connectivity index (χ2n) is 4.95. The van der Waals surface area contributed by atoms with E-state index in [-0.39, 0.29) is 17.2 Å². The number of nitrogens with zero attached hydrogens (tertiary/aromatic N) is 1. The van der Waals surface area contributed by atoms with Crippen LogP contribution in [0.4, 0.5) is 5.69 Å². The normalized spacial score (nSPS) is 13.0. The van der Waals surface area contributed by atoms with E-state index in [4.69, 9.17) is 9.47 Å². The number of carbonyl (C=O) groups excluding carboxylic acids is 1. The summed E-state index contributed by atoms with van der Waals surface area (Å²) in [6.45, 7) is 3.28. The van der Waals surface area contributed by atoms with Crippen molar-refractivity contribution in [1.82, 2.24) is 4.57 Å². The van der Waals surface area contributed by atoms with Gasteiger partial charge in [0.2, 0.25) is 5.91 Å². The smallest absolute Gasteiger partial charge is 0.307 e. The summed E-state index contributed by atoms with van der Waals surface area (Å²) in [5, 5.41) is 4.60. The number of amides is 1. The molecular weight excluding hydrogens is 304 g/mol. The average molecular weight is 320 g/mol. The molecular formula is C15H16N2O4S. The third-order valence-corrected chi connectivity index (χ3v) is 4.25. The molecule has 1 aromatic carbocycles. The number of rotatable bonds is 4. The van der Waals surface area contributed by atoms with Crippen molar-refractivity contribution in [3.63, 3.8) is 0 Å². The van der Waals surface area contributed by atoms with Crippen molar-refractivity contribution >= 4 is 22.9 Å². The maximum absolute atomic E-state index is 12.0. The van der Waals surface area contributed by atoms with Crippen LogP contribution in [0, 0.1) is 6.92 Å². The number of benzene rings is 1. The fraction of sp³-hybridized carbons (Fsp3) is 0.333. The summed E-state index contributed by atoms with van der Waals surface area (Å²) in [6, 6.07) is 5.29. The van der Waals surface area contributed by atoms with Crippen LogP contribution in [-0.2, 0) is 11.3 Å². The molecule has 0 spiro atoms. The van der Waals surface area contributed by atoms with Gasteiger partial charge < -0.3 is 19.4 Å². The van der Waals surface area contributed by atoms with Gasteiger partial charge in [0.1, 0.15) is 13.2 Å². The first-order valence-electron chi connectivity index (χ1n) is 6.98. The molecule has 2 aromatic rings. The van der Waals surface area contributed by atoms with E-state index < -0.39 is 0 Å². The number of hydrogen-bond acceptors (Lipinski definition) is 5. The van der Waals surface area contributed by atoms with Crippen LogP contribution in [0.3, 0.4) is 0 Å². The lowest BCUT2D eigenvalue weighted by molar-refractivity contribution is -0.116. The molecule has 1 aliphatic rings. The fourth-order valence-electron chi connectivity index (χ4n) is 2.23. The highest BCUT2D eigenvalue weighted by Gasteiger charge is 2.13. The van der Waals surface area contributed by atoms with Crippen molar-refractivity contribution in [2.24, 2.45) is 0 Å². The van der Waals surface area contributed by atoms with Crippen molar-refractivity contribution in [1.29, 1.82) is 0 Å². The van der Waals surface area contributed by atoms with E-state index in [1.54, 1.807) is 28.1 Å². The Morgan fingerprint density at radius 2 is 2.09 bits per heavy atom. The Kier molecular flexibility index (Phi) is 4.15. The summed E-state index contributed by atoms with van der Waals surface area (Å²) in [5.41, 5.74) is 1.53. The Balaban J connectivity index is 1.61. The van der Waals surface area contributed by atoms with Crippen LogP contribution in [-0.4, -0.2) is 23.7 Å². The molecule has 1 aliphatic heterocycles. The van der Waals surface area contributed by atoms with E-state index in [0.717, 1.165) is 17.0 Å². The third kappa shape index (κ3) is 3.14. The van der Waals surface area contributed by atoms with Crippen LogP contribution in [0.2, 0.25) is 0 Å². The van der Waals surface area contributed by atoms with Crippen molar-refractivity contribution in [3.05, 3.63) is 38.9 Å². The number of thiazole rings is 1.